The summed E-state index contributed by atoms with van der Waals surface area (Å²) in [6, 6.07) is 0.897. The SMILES string of the molecule is CC(C)N(C)C[C@@H]1CCCN1C(=O)CN. The van der Waals surface area contributed by atoms with E-state index < -0.39 is 0 Å². The second kappa shape index (κ2) is 5.47. The number of likely N-dealkylation sites (tertiary alicyclic amines) is 1. The van der Waals surface area contributed by atoms with Crippen LogP contribution in [0.2, 0.25) is 0 Å². The standard InChI is InChI=1S/C11H23N3O/c1-9(2)13(3)8-10-5-4-6-14(10)11(15)7-12/h9-10H,4-8,12H2,1-3H3/t10-/m0/s1. The lowest BCUT2D eigenvalue weighted by molar-refractivity contribution is -0.130. The Balaban J connectivity index is 2.50. The van der Waals surface area contributed by atoms with E-state index in [-0.39, 0.29) is 12.5 Å². The predicted molar refractivity (Wildman–Crippen MR) is 61.6 cm³/mol. The first-order valence-electron chi connectivity index (χ1n) is 5.76. The third-order valence-corrected chi connectivity index (χ3v) is 3.25. The van der Waals surface area contributed by atoms with Gasteiger partial charge in [-0.1, -0.05) is 0 Å². The summed E-state index contributed by atoms with van der Waals surface area (Å²) in [6.45, 7) is 6.33. The van der Waals surface area contributed by atoms with Crippen molar-refractivity contribution in [3.63, 3.8) is 0 Å². The van der Waals surface area contributed by atoms with Crippen LogP contribution in [-0.4, -0.2) is 54.5 Å². The zero-order valence-electron chi connectivity index (χ0n) is 10.1. The Hall–Kier alpha value is -0.610. The fraction of sp³-hybridized carbons (Fsp3) is 0.909. The molecule has 1 amide bonds. The maximum atomic E-state index is 11.6. The number of hydrogen-bond acceptors (Lipinski definition) is 3. The molecule has 1 atom stereocenters. The summed E-state index contributed by atoms with van der Waals surface area (Å²) >= 11 is 0. The van der Waals surface area contributed by atoms with Crippen LogP contribution < -0.4 is 5.73 Å². The van der Waals surface area contributed by atoms with Crippen LogP contribution >= 0.6 is 0 Å². The minimum atomic E-state index is 0.0923. The number of nitrogens with two attached hydrogens (primary N) is 1. The Morgan fingerprint density at radius 1 is 1.60 bits per heavy atom. The summed E-state index contributed by atoms with van der Waals surface area (Å²) in [5, 5.41) is 0. The molecule has 0 aromatic rings. The van der Waals surface area contributed by atoms with Gasteiger partial charge >= 0.3 is 0 Å². The molecule has 1 saturated heterocycles. The van der Waals surface area contributed by atoms with Crippen LogP contribution in [-0.2, 0) is 4.79 Å². The quantitative estimate of drug-likeness (QED) is 0.729. The molecule has 4 nitrogen and oxygen atoms in total. The van der Waals surface area contributed by atoms with Crippen molar-refractivity contribution in [2.75, 3.05) is 26.7 Å². The molecular formula is C11H23N3O. The summed E-state index contributed by atoms with van der Waals surface area (Å²) in [6.07, 6.45) is 2.23. The van der Waals surface area contributed by atoms with Crippen LogP contribution in [0.25, 0.3) is 0 Å². The van der Waals surface area contributed by atoms with Gasteiger partial charge in [0.15, 0.2) is 0 Å². The van der Waals surface area contributed by atoms with Gasteiger partial charge in [0.1, 0.15) is 0 Å². The fourth-order valence-electron chi connectivity index (χ4n) is 2.01. The lowest BCUT2D eigenvalue weighted by Crippen LogP contribution is -2.45. The molecule has 1 aliphatic heterocycles. The Morgan fingerprint density at radius 2 is 2.27 bits per heavy atom. The van der Waals surface area contributed by atoms with Gasteiger partial charge < -0.3 is 15.5 Å². The summed E-state index contributed by atoms with van der Waals surface area (Å²) < 4.78 is 0. The van der Waals surface area contributed by atoms with Crippen molar-refractivity contribution in [3.8, 4) is 0 Å². The lowest BCUT2D eigenvalue weighted by atomic mass is 10.2. The minimum Gasteiger partial charge on any atom is -0.337 e. The highest BCUT2D eigenvalue weighted by atomic mass is 16.2. The first-order chi connectivity index (χ1) is 7.06. The van der Waals surface area contributed by atoms with Gasteiger partial charge in [-0.25, -0.2) is 0 Å². The number of rotatable bonds is 4. The fourth-order valence-corrected chi connectivity index (χ4v) is 2.01. The highest BCUT2D eigenvalue weighted by Crippen LogP contribution is 2.18. The molecule has 0 aliphatic carbocycles. The summed E-state index contributed by atoms with van der Waals surface area (Å²) in [5.41, 5.74) is 5.40. The molecule has 0 aromatic carbocycles. The molecular weight excluding hydrogens is 190 g/mol. The van der Waals surface area contributed by atoms with Crippen LogP contribution in [0.15, 0.2) is 0 Å². The van der Waals surface area contributed by atoms with E-state index in [1.54, 1.807) is 0 Å². The molecule has 88 valence electrons. The third-order valence-electron chi connectivity index (χ3n) is 3.25. The van der Waals surface area contributed by atoms with Crippen LogP contribution in [0.3, 0.4) is 0 Å². The number of amides is 1. The molecule has 1 aliphatic rings. The molecule has 2 N–H and O–H groups in total. The van der Waals surface area contributed by atoms with E-state index in [0.717, 1.165) is 25.9 Å². The van der Waals surface area contributed by atoms with Crippen molar-refractivity contribution in [2.24, 2.45) is 5.73 Å². The van der Waals surface area contributed by atoms with E-state index in [1.165, 1.54) is 0 Å². The Bertz CT molecular complexity index is 218. The highest BCUT2D eigenvalue weighted by molar-refractivity contribution is 5.78. The Labute approximate surface area is 92.4 Å². The van der Waals surface area contributed by atoms with Crippen molar-refractivity contribution < 1.29 is 4.79 Å². The van der Waals surface area contributed by atoms with Crippen LogP contribution in [0, 0.1) is 0 Å². The topological polar surface area (TPSA) is 49.6 Å². The Morgan fingerprint density at radius 3 is 2.80 bits per heavy atom. The zero-order chi connectivity index (χ0) is 11.4. The number of carbonyl (C=O) groups is 1. The van der Waals surface area contributed by atoms with Gasteiger partial charge in [-0.2, -0.15) is 0 Å². The third kappa shape index (κ3) is 3.18. The van der Waals surface area contributed by atoms with Crippen molar-refractivity contribution in [2.45, 2.75) is 38.8 Å². The number of likely N-dealkylation sites (N-methyl/N-ethyl adjacent to an activating group) is 1. The average Bonchev–Trinajstić information content (AvgIpc) is 2.64. The van der Waals surface area contributed by atoms with Crippen LogP contribution in [0.4, 0.5) is 0 Å². The van der Waals surface area contributed by atoms with Gasteiger partial charge in [0.2, 0.25) is 5.91 Å². The average molecular weight is 213 g/mol. The van der Waals surface area contributed by atoms with Crippen LogP contribution in [0.5, 0.6) is 0 Å². The van der Waals surface area contributed by atoms with Gasteiger partial charge in [-0.05, 0) is 33.7 Å². The normalized spacial score (nSPS) is 21.7. The maximum Gasteiger partial charge on any atom is 0.236 e. The van der Waals surface area contributed by atoms with Gasteiger partial charge in [0.05, 0.1) is 6.54 Å². The van der Waals surface area contributed by atoms with E-state index in [0.29, 0.717) is 12.1 Å². The van der Waals surface area contributed by atoms with Gasteiger partial charge in [-0.3, -0.25) is 4.79 Å². The first-order valence-corrected chi connectivity index (χ1v) is 5.76. The zero-order valence-corrected chi connectivity index (χ0v) is 10.1. The molecule has 1 rings (SSSR count). The highest BCUT2D eigenvalue weighted by Gasteiger charge is 2.28. The monoisotopic (exact) mass is 213 g/mol. The van der Waals surface area contributed by atoms with Crippen LogP contribution in [0.1, 0.15) is 26.7 Å². The first kappa shape index (κ1) is 12.5. The summed E-state index contributed by atoms with van der Waals surface area (Å²) in [4.78, 5) is 15.8. The molecule has 1 heterocycles. The molecule has 0 saturated carbocycles. The summed E-state index contributed by atoms with van der Waals surface area (Å²) in [5.74, 6) is 0.0923. The van der Waals surface area contributed by atoms with Gasteiger partial charge in [-0.15, -0.1) is 0 Å². The second-order valence-electron chi connectivity index (χ2n) is 4.62. The van der Waals surface area contributed by atoms with E-state index >= 15 is 0 Å². The maximum absolute atomic E-state index is 11.6. The van der Waals surface area contributed by atoms with E-state index in [4.69, 9.17) is 5.73 Å². The number of hydrogen-bond donors (Lipinski definition) is 1. The van der Waals surface area contributed by atoms with Crippen molar-refractivity contribution >= 4 is 5.91 Å². The lowest BCUT2D eigenvalue weighted by Gasteiger charge is -2.30. The molecule has 0 unspecified atom stereocenters. The smallest absolute Gasteiger partial charge is 0.236 e. The molecule has 0 radical (unpaired) electrons. The van der Waals surface area contributed by atoms with E-state index in [2.05, 4.69) is 25.8 Å². The van der Waals surface area contributed by atoms with Crippen molar-refractivity contribution in [1.29, 1.82) is 0 Å². The molecule has 0 aromatic heterocycles. The summed E-state index contributed by atoms with van der Waals surface area (Å²) in [7, 11) is 2.11. The number of carbonyl (C=O) groups excluding carboxylic acids is 1. The largest absolute Gasteiger partial charge is 0.337 e. The Kier molecular flexibility index (Phi) is 4.54. The van der Waals surface area contributed by atoms with Gasteiger partial charge in [0, 0.05) is 25.2 Å². The van der Waals surface area contributed by atoms with E-state index in [1.807, 2.05) is 4.90 Å². The minimum absolute atomic E-state index is 0.0923. The molecule has 4 heteroatoms. The molecule has 1 fully saturated rings. The predicted octanol–water partition coefficient (Wildman–Crippen LogP) is 0.276. The van der Waals surface area contributed by atoms with Crippen molar-refractivity contribution in [3.05, 3.63) is 0 Å². The van der Waals surface area contributed by atoms with E-state index in [9.17, 15) is 4.79 Å². The molecule has 0 spiro atoms. The van der Waals surface area contributed by atoms with Gasteiger partial charge in [0.25, 0.3) is 0 Å². The van der Waals surface area contributed by atoms with Crippen molar-refractivity contribution in [1.82, 2.24) is 9.80 Å². The second-order valence-corrected chi connectivity index (χ2v) is 4.62. The number of nitrogens with zero attached hydrogens (tertiary/aromatic N) is 2. The molecule has 15 heavy (non-hydrogen) atoms. The molecule has 0 bridgehead atoms.